The lowest BCUT2D eigenvalue weighted by atomic mass is 10.1. The molecule has 0 aliphatic carbocycles. The first-order valence-electron chi connectivity index (χ1n) is 5.37. The number of methoxy groups -OCH3 is 1. The summed E-state index contributed by atoms with van der Waals surface area (Å²) < 4.78 is 10.3. The number of benzene rings is 1. The molecule has 0 amide bonds. The van der Waals surface area contributed by atoms with Crippen LogP contribution in [0.1, 0.15) is 31.3 Å². The normalized spacial score (nSPS) is 12.5. The fraction of sp³-hybridized carbons (Fsp3) is 0.500. The highest BCUT2D eigenvalue weighted by Crippen LogP contribution is 2.24. The summed E-state index contributed by atoms with van der Waals surface area (Å²) in [5.74, 6) is 0.590. The van der Waals surface area contributed by atoms with E-state index in [4.69, 9.17) is 9.47 Å². The highest BCUT2D eigenvalue weighted by atomic mass is 16.6. The average molecular weight is 239 g/mol. The minimum atomic E-state index is -1.03. The van der Waals surface area contributed by atoms with Crippen LogP contribution in [0.2, 0.25) is 0 Å². The van der Waals surface area contributed by atoms with Crippen molar-refractivity contribution in [2.24, 2.45) is 5.18 Å². The predicted molar refractivity (Wildman–Crippen MR) is 63.7 cm³/mol. The summed E-state index contributed by atoms with van der Waals surface area (Å²) in [5.41, 5.74) is 1.23. The Bertz CT molecular complexity index is 379. The van der Waals surface area contributed by atoms with Crippen LogP contribution >= 0.6 is 0 Å². The number of nitroso groups, excluding NO2 is 1. The van der Waals surface area contributed by atoms with Crippen molar-refractivity contribution in [2.45, 2.75) is 32.8 Å². The Labute approximate surface area is 100 Å². The summed E-state index contributed by atoms with van der Waals surface area (Å²) in [4.78, 5) is 10.3. The van der Waals surface area contributed by atoms with Gasteiger partial charge in [0.2, 0.25) is 0 Å². The number of aliphatic hydroxyl groups excluding tert-OH is 1. The van der Waals surface area contributed by atoms with Crippen molar-refractivity contribution < 1.29 is 14.6 Å². The van der Waals surface area contributed by atoms with Gasteiger partial charge >= 0.3 is 0 Å². The largest absolute Gasteiger partial charge is 0.491 e. The van der Waals surface area contributed by atoms with E-state index in [0.717, 1.165) is 0 Å². The smallest absolute Gasteiger partial charge is 0.180 e. The third kappa shape index (κ3) is 4.13. The topological polar surface area (TPSA) is 68.1 Å². The van der Waals surface area contributed by atoms with Crippen LogP contribution in [0.15, 0.2) is 23.4 Å². The predicted octanol–water partition coefficient (Wildman–Crippen LogP) is 2.38. The summed E-state index contributed by atoms with van der Waals surface area (Å²) >= 11 is 0. The number of hydrogen-bond acceptors (Lipinski definition) is 5. The molecule has 5 nitrogen and oxygen atoms in total. The summed E-state index contributed by atoms with van der Waals surface area (Å²) in [6, 6.07) is 5.08. The van der Waals surface area contributed by atoms with Crippen LogP contribution in [0.4, 0.5) is 0 Å². The Hall–Kier alpha value is -1.46. The maximum Gasteiger partial charge on any atom is 0.180 e. The van der Waals surface area contributed by atoms with Crippen LogP contribution < -0.4 is 4.74 Å². The number of hydrogen-bond donors (Lipinski definition) is 1. The maximum atomic E-state index is 10.3. The number of ether oxygens (including phenoxy) is 2. The van der Waals surface area contributed by atoms with E-state index in [2.05, 4.69) is 5.18 Å². The van der Waals surface area contributed by atoms with E-state index in [9.17, 15) is 10.0 Å². The van der Waals surface area contributed by atoms with Crippen LogP contribution in [0.3, 0.4) is 0 Å². The zero-order chi connectivity index (χ0) is 12.8. The molecule has 0 saturated carbocycles. The van der Waals surface area contributed by atoms with E-state index in [1.54, 1.807) is 18.2 Å². The molecule has 0 aliphatic rings. The van der Waals surface area contributed by atoms with E-state index in [-0.39, 0.29) is 12.6 Å². The molecule has 17 heavy (non-hydrogen) atoms. The average Bonchev–Trinajstić information content (AvgIpc) is 2.27. The Morgan fingerprint density at radius 2 is 2.06 bits per heavy atom. The molecular formula is C12H17NO4. The van der Waals surface area contributed by atoms with Gasteiger partial charge in [-0.2, -0.15) is 4.91 Å². The van der Waals surface area contributed by atoms with Crippen molar-refractivity contribution >= 4 is 0 Å². The molecule has 0 aromatic heterocycles. The minimum Gasteiger partial charge on any atom is -0.491 e. The van der Waals surface area contributed by atoms with Gasteiger partial charge in [-0.1, -0.05) is 5.18 Å². The Morgan fingerprint density at radius 1 is 1.35 bits per heavy atom. The molecule has 0 aliphatic heterocycles. The molecule has 1 rings (SSSR count). The van der Waals surface area contributed by atoms with Crippen molar-refractivity contribution in [1.82, 2.24) is 0 Å². The van der Waals surface area contributed by atoms with E-state index in [0.29, 0.717) is 16.9 Å². The minimum absolute atomic E-state index is 0.0157. The Kier molecular flexibility index (Phi) is 5.06. The fourth-order valence-electron chi connectivity index (χ4n) is 1.47. The molecule has 1 atom stereocenters. The van der Waals surface area contributed by atoms with Crippen LogP contribution in [0, 0.1) is 4.91 Å². The lowest BCUT2D eigenvalue weighted by Gasteiger charge is -2.15. The summed E-state index contributed by atoms with van der Waals surface area (Å²) in [6.45, 7) is 3.84. The maximum absolute atomic E-state index is 10.3. The number of rotatable bonds is 6. The number of nitrogens with zero attached hydrogens (tertiary/aromatic N) is 1. The Morgan fingerprint density at radius 3 is 2.59 bits per heavy atom. The summed E-state index contributed by atoms with van der Waals surface area (Å²) in [7, 11) is 1.40. The third-order valence-electron chi connectivity index (χ3n) is 2.12. The van der Waals surface area contributed by atoms with Crippen LogP contribution in [0.25, 0.3) is 0 Å². The van der Waals surface area contributed by atoms with E-state index >= 15 is 0 Å². The molecule has 0 saturated heterocycles. The molecule has 94 valence electrons. The van der Waals surface area contributed by atoms with Crippen molar-refractivity contribution in [3.8, 4) is 5.75 Å². The van der Waals surface area contributed by atoms with Gasteiger partial charge in [0.15, 0.2) is 6.29 Å². The van der Waals surface area contributed by atoms with Crippen LogP contribution in [0.5, 0.6) is 5.75 Å². The first-order valence-corrected chi connectivity index (χ1v) is 5.37. The molecule has 0 fully saturated rings. The second-order valence-electron chi connectivity index (χ2n) is 3.95. The molecule has 1 N–H and O–H groups in total. The van der Waals surface area contributed by atoms with E-state index in [1.807, 2.05) is 13.8 Å². The van der Waals surface area contributed by atoms with Gasteiger partial charge in [0.1, 0.15) is 12.3 Å². The lowest BCUT2D eigenvalue weighted by Crippen LogP contribution is -2.07. The van der Waals surface area contributed by atoms with Crippen molar-refractivity contribution in [2.75, 3.05) is 7.11 Å². The molecule has 1 aromatic carbocycles. The molecule has 0 spiro atoms. The standard InChI is InChI=1S/C12H17NO4/c1-8(2)17-11-5-9(7-13-15)4-10(6-11)12(14)16-3/h4-6,8,12,14H,7H2,1-3H3. The second-order valence-corrected chi connectivity index (χ2v) is 3.95. The highest BCUT2D eigenvalue weighted by Gasteiger charge is 2.10. The number of aliphatic hydroxyl groups is 1. The van der Waals surface area contributed by atoms with Crippen molar-refractivity contribution in [3.05, 3.63) is 34.2 Å². The van der Waals surface area contributed by atoms with Crippen LogP contribution in [-0.4, -0.2) is 18.3 Å². The van der Waals surface area contributed by atoms with Gasteiger partial charge < -0.3 is 14.6 Å². The molecular weight excluding hydrogens is 222 g/mol. The molecule has 1 aromatic rings. The van der Waals surface area contributed by atoms with Gasteiger partial charge in [0.05, 0.1) is 6.10 Å². The van der Waals surface area contributed by atoms with Crippen molar-refractivity contribution in [1.29, 1.82) is 0 Å². The fourth-order valence-corrected chi connectivity index (χ4v) is 1.47. The SMILES string of the molecule is COC(O)c1cc(CN=O)cc(OC(C)C)c1. The quantitative estimate of drug-likeness (QED) is 0.611. The molecule has 0 heterocycles. The second kappa shape index (κ2) is 6.32. The third-order valence-corrected chi connectivity index (χ3v) is 2.12. The molecule has 5 heteroatoms. The van der Waals surface area contributed by atoms with Gasteiger partial charge in [-0.15, -0.1) is 0 Å². The van der Waals surface area contributed by atoms with Crippen molar-refractivity contribution in [3.63, 3.8) is 0 Å². The van der Waals surface area contributed by atoms with Gasteiger partial charge in [-0.3, -0.25) is 0 Å². The molecule has 0 radical (unpaired) electrons. The summed E-state index contributed by atoms with van der Waals surface area (Å²) in [5, 5.41) is 12.4. The molecule has 1 unspecified atom stereocenters. The van der Waals surface area contributed by atoms with Gasteiger partial charge in [0.25, 0.3) is 0 Å². The summed E-state index contributed by atoms with van der Waals surface area (Å²) in [6.07, 6.45) is -1.02. The zero-order valence-corrected chi connectivity index (χ0v) is 10.2. The first kappa shape index (κ1) is 13.6. The highest BCUT2D eigenvalue weighted by molar-refractivity contribution is 5.35. The van der Waals surface area contributed by atoms with Gasteiger partial charge in [-0.05, 0) is 37.6 Å². The molecule has 0 bridgehead atoms. The van der Waals surface area contributed by atoms with E-state index < -0.39 is 6.29 Å². The zero-order valence-electron chi connectivity index (χ0n) is 10.2. The monoisotopic (exact) mass is 239 g/mol. The van der Waals surface area contributed by atoms with Gasteiger partial charge in [-0.25, -0.2) is 0 Å². The van der Waals surface area contributed by atoms with E-state index in [1.165, 1.54) is 7.11 Å². The lowest BCUT2D eigenvalue weighted by molar-refractivity contribution is -0.0771. The van der Waals surface area contributed by atoms with Gasteiger partial charge in [0, 0.05) is 12.7 Å². The van der Waals surface area contributed by atoms with Crippen LogP contribution in [-0.2, 0) is 11.3 Å². The first-order chi connectivity index (χ1) is 8.06. The Balaban J connectivity index is 3.04.